The SMILES string of the molecule is O=C(CCn1ccc(=O)[nH]c1=O)NCCCCCCCCCCCNC(=O)CCn1ccc(=O)[nH]c1=O. The van der Waals surface area contributed by atoms with Gasteiger partial charge < -0.3 is 19.8 Å². The largest absolute Gasteiger partial charge is 0.356 e. The van der Waals surface area contributed by atoms with E-state index in [4.69, 9.17) is 0 Å². The maximum atomic E-state index is 11.9. The molecule has 0 atom stereocenters. The highest BCUT2D eigenvalue weighted by molar-refractivity contribution is 5.76. The average molecular weight is 519 g/mol. The van der Waals surface area contributed by atoms with Crippen LogP contribution in [0.25, 0.3) is 0 Å². The number of carbonyl (C=O) groups is 2. The van der Waals surface area contributed by atoms with Crippen molar-refractivity contribution in [3.05, 3.63) is 66.2 Å². The first kappa shape index (κ1) is 29.5. The summed E-state index contributed by atoms with van der Waals surface area (Å²) in [6.45, 7) is 1.70. The van der Waals surface area contributed by atoms with Crippen LogP contribution in [0.4, 0.5) is 0 Å². The molecule has 12 nitrogen and oxygen atoms in total. The highest BCUT2D eigenvalue weighted by Crippen LogP contribution is 2.09. The lowest BCUT2D eigenvalue weighted by Gasteiger charge is -2.07. The van der Waals surface area contributed by atoms with Gasteiger partial charge in [0.15, 0.2) is 0 Å². The summed E-state index contributed by atoms with van der Waals surface area (Å²) in [5, 5.41) is 5.72. The topological polar surface area (TPSA) is 168 Å². The number of hydrogen-bond acceptors (Lipinski definition) is 6. The maximum Gasteiger partial charge on any atom is 0.328 e. The third kappa shape index (κ3) is 12.7. The Bertz CT molecular complexity index is 1120. The Hall–Kier alpha value is -3.70. The first-order valence-corrected chi connectivity index (χ1v) is 13.0. The minimum atomic E-state index is -0.511. The molecule has 2 aromatic rings. The lowest BCUT2D eigenvalue weighted by atomic mass is 10.1. The molecule has 2 rings (SSSR count). The van der Waals surface area contributed by atoms with Crippen LogP contribution in [0.1, 0.15) is 70.6 Å². The molecule has 0 aliphatic heterocycles. The summed E-state index contributed by atoms with van der Waals surface area (Å²) in [4.78, 5) is 73.3. The minimum absolute atomic E-state index is 0.112. The predicted octanol–water partition coefficient (Wildman–Crippen LogP) is 0.610. The number of unbranched alkanes of at least 4 members (excludes halogenated alkanes) is 8. The Morgan fingerprint density at radius 2 is 0.946 bits per heavy atom. The van der Waals surface area contributed by atoms with Gasteiger partial charge in [-0.25, -0.2) is 9.59 Å². The molecule has 12 heteroatoms. The molecule has 37 heavy (non-hydrogen) atoms. The number of H-pyrrole nitrogens is 2. The molecule has 0 bridgehead atoms. The fourth-order valence-corrected chi connectivity index (χ4v) is 3.80. The van der Waals surface area contributed by atoms with Crippen LogP contribution in [0, 0.1) is 0 Å². The molecule has 2 amide bonds. The van der Waals surface area contributed by atoms with Gasteiger partial charge in [0.2, 0.25) is 11.8 Å². The Morgan fingerprint density at radius 1 is 0.595 bits per heavy atom. The number of nitrogens with one attached hydrogen (secondary N) is 4. The monoisotopic (exact) mass is 518 g/mol. The van der Waals surface area contributed by atoms with Gasteiger partial charge in [0.05, 0.1) is 0 Å². The Labute approximate surface area is 214 Å². The third-order valence-electron chi connectivity index (χ3n) is 5.95. The predicted molar refractivity (Wildman–Crippen MR) is 139 cm³/mol. The van der Waals surface area contributed by atoms with Gasteiger partial charge in [0.1, 0.15) is 0 Å². The molecule has 0 fully saturated rings. The molecule has 0 aliphatic carbocycles. The molecule has 0 saturated carbocycles. The lowest BCUT2D eigenvalue weighted by Crippen LogP contribution is -2.31. The van der Waals surface area contributed by atoms with Crippen molar-refractivity contribution in [3.8, 4) is 0 Å². The van der Waals surface area contributed by atoms with Gasteiger partial charge in [-0.05, 0) is 12.8 Å². The van der Waals surface area contributed by atoms with Crippen LogP contribution in [0.15, 0.2) is 43.7 Å². The molecular weight excluding hydrogens is 480 g/mol. The van der Waals surface area contributed by atoms with E-state index < -0.39 is 22.5 Å². The summed E-state index contributed by atoms with van der Waals surface area (Å²) in [5.74, 6) is -0.225. The van der Waals surface area contributed by atoms with E-state index in [2.05, 4.69) is 20.6 Å². The zero-order valence-electron chi connectivity index (χ0n) is 21.3. The standard InChI is InChI=1S/C25H38N6O6/c32-20(10-16-30-18-12-22(34)28-24(30)36)26-14-8-6-4-2-1-3-5-7-9-15-27-21(33)11-17-31-19-13-23(35)29-25(31)37/h12-13,18-19H,1-11,14-17H2,(H,26,32)(H,27,33)(H,28,34,36)(H,29,35,37). The van der Waals surface area contributed by atoms with Gasteiger partial charge >= 0.3 is 11.4 Å². The van der Waals surface area contributed by atoms with Crippen LogP contribution >= 0.6 is 0 Å². The second kappa shape index (κ2) is 16.9. The molecular formula is C25H38N6O6. The van der Waals surface area contributed by atoms with Crippen LogP contribution in [0.2, 0.25) is 0 Å². The number of nitrogens with zero attached hydrogens (tertiary/aromatic N) is 2. The van der Waals surface area contributed by atoms with E-state index in [0.717, 1.165) is 51.4 Å². The van der Waals surface area contributed by atoms with E-state index in [1.54, 1.807) is 0 Å². The van der Waals surface area contributed by atoms with Crippen molar-refractivity contribution in [2.45, 2.75) is 83.7 Å². The second-order valence-electron chi connectivity index (χ2n) is 8.99. The summed E-state index contributed by atoms with van der Waals surface area (Å²) in [5.41, 5.74) is -1.93. The number of hydrogen-bond donors (Lipinski definition) is 4. The number of aromatic amines is 2. The zero-order valence-corrected chi connectivity index (χ0v) is 21.3. The van der Waals surface area contributed by atoms with Crippen LogP contribution in [0.3, 0.4) is 0 Å². The number of aryl methyl sites for hydroxylation is 2. The summed E-state index contributed by atoms with van der Waals surface area (Å²) < 4.78 is 2.61. The van der Waals surface area contributed by atoms with Crippen molar-refractivity contribution in [3.63, 3.8) is 0 Å². The van der Waals surface area contributed by atoms with Gasteiger partial charge in [-0.15, -0.1) is 0 Å². The van der Waals surface area contributed by atoms with Gasteiger partial charge in [0, 0.05) is 63.5 Å². The molecule has 0 aromatic carbocycles. The summed E-state index contributed by atoms with van der Waals surface area (Å²) >= 11 is 0. The van der Waals surface area contributed by atoms with Gasteiger partial charge in [-0.1, -0.05) is 44.9 Å². The zero-order chi connectivity index (χ0) is 26.9. The van der Waals surface area contributed by atoms with Gasteiger partial charge in [-0.2, -0.15) is 0 Å². The van der Waals surface area contributed by atoms with E-state index in [9.17, 15) is 28.8 Å². The average Bonchev–Trinajstić information content (AvgIpc) is 2.85. The van der Waals surface area contributed by atoms with Crippen molar-refractivity contribution in [2.75, 3.05) is 13.1 Å². The van der Waals surface area contributed by atoms with E-state index in [0.29, 0.717) is 13.1 Å². The van der Waals surface area contributed by atoms with Gasteiger partial charge in [-0.3, -0.25) is 29.1 Å². The molecule has 2 aromatic heterocycles. The number of carbonyl (C=O) groups excluding carboxylic acids is 2. The minimum Gasteiger partial charge on any atom is -0.356 e. The van der Waals surface area contributed by atoms with Crippen LogP contribution < -0.4 is 33.1 Å². The highest BCUT2D eigenvalue weighted by atomic mass is 16.2. The molecule has 0 unspecified atom stereocenters. The van der Waals surface area contributed by atoms with Crippen LogP contribution in [-0.2, 0) is 22.7 Å². The number of rotatable bonds is 18. The Kier molecular flexibility index (Phi) is 13.5. The van der Waals surface area contributed by atoms with Crippen molar-refractivity contribution >= 4 is 11.8 Å². The van der Waals surface area contributed by atoms with E-state index in [-0.39, 0.29) is 37.7 Å². The normalized spacial score (nSPS) is 10.8. The van der Waals surface area contributed by atoms with Crippen molar-refractivity contribution in [2.24, 2.45) is 0 Å². The fourth-order valence-electron chi connectivity index (χ4n) is 3.80. The first-order valence-electron chi connectivity index (χ1n) is 13.0. The van der Waals surface area contributed by atoms with Crippen LogP contribution in [-0.4, -0.2) is 44.0 Å². The van der Waals surface area contributed by atoms with E-state index >= 15 is 0 Å². The Balaban J connectivity index is 1.36. The van der Waals surface area contributed by atoms with Crippen molar-refractivity contribution < 1.29 is 9.59 Å². The summed E-state index contributed by atoms with van der Waals surface area (Å²) in [6.07, 6.45) is 12.8. The fraction of sp³-hybridized carbons (Fsp3) is 0.600. The van der Waals surface area contributed by atoms with Crippen molar-refractivity contribution in [1.29, 1.82) is 0 Å². The maximum absolute atomic E-state index is 11.9. The quantitative estimate of drug-likeness (QED) is 0.211. The number of amides is 2. The molecule has 0 aliphatic rings. The van der Waals surface area contributed by atoms with E-state index in [1.807, 2.05) is 0 Å². The molecule has 0 saturated heterocycles. The molecule has 4 N–H and O–H groups in total. The Morgan fingerprint density at radius 3 is 1.30 bits per heavy atom. The lowest BCUT2D eigenvalue weighted by molar-refractivity contribution is -0.122. The van der Waals surface area contributed by atoms with Gasteiger partial charge in [0.25, 0.3) is 11.1 Å². The summed E-state index contributed by atoms with van der Waals surface area (Å²) in [7, 11) is 0. The third-order valence-corrected chi connectivity index (χ3v) is 5.95. The first-order chi connectivity index (χ1) is 17.8. The highest BCUT2D eigenvalue weighted by Gasteiger charge is 2.04. The molecule has 0 spiro atoms. The molecule has 0 radical (unpaired) electrons. The van der Waals surface area contributed by atoms with Crippen molar-refractivity contribution in [1.82, 2.24) is 29.7 Å². The van der Waals surface area contributed by atoms with Crippen LogP contribution in [0.5, 0.6) is 0 Å². The van der Waals surface area contributed by atoms with E-state index in [1.165, 1.54) is 40.1 Å². The smallest absolute Gasteiger partial charge is 0.328 e. The second-order valence-corrected chi connectivity index (χ2v) is 8.99. The summed E-state index contributed by atoms with van der Waals surface area (Å²) in [6, 6.07) is 2.51. The number of aromatic nitrogens is 4. The molecule has 204 valence electrons. The molecule has 2 heterocycles.